The van der Waals surface area contributed by atoms with Crippen LogP contribution in [0.3, 0.4) is 0 Å². The average molecular weight is 218 g/mol. The van der Waals surface area contributed by atoms with Gasteiger partial charge in [0.1, 0.15) is 11.3 Å². The van der Waals surface area contributed by atoms with E-state index in [-0.39, 0.29) is 42.3 Å². The van der Waals surface area contributed by atoms with Gasteiger partial charge in [-0.3, -0.25) is 0 Å². The number of esters is 1. The van der Waals surface area contributed by atoms with Crippen LogP contribution < -0.4 is 29.6 Å². The summed E-state index contributed by atoms with van der Waals surface area (Å²) in [5.74, 6) is -0.495. The maximum absolute atomic E-state index is 11.4. The summed E-state index contributed by atoms with van der Waals surface area (Å²) in [4.78, 5) is 11.4. The number of rotatable bonds is 4. The average Bonchev–Trinajstić information content (AvgIpc) is 2.18. The van der Waals surface area contributed by atoms with Crippen LogP contribution in [0.4, 0.5) is 0 Å². The molecule has 1 N–H and O–H groups in total. The van der Waals surface area contributed by atoms with E-state index in [9.17, 15) is 9.90 Å². The van der Waals surface area contributed by atoms with E-state index >= 15 is 0 Å². The van der Waals surface area contributed by atoms with Gasteiger partial charge in [-0.15, -0.1) is 0 Å². The zero-order valence-electron chi connectivity index (χ0n) is 10.2. The molecule has 0 spiro atoms. The van der Waals surface area contributed by atoms with Gasteiger partial charge in [0.2, 0.25) is 0 Å². The van der Waals surface area contributed by atoms with Crippen molar-refractivity contribution in [1.82, 2.24) is 0 Å². The van der Waals surface area contributed by atoms with Gasteiger partial charge in [0.25, 0.3) is 0 Å². The Balaban J connectivity index is 0. The number of para-hydroxylation sites is 1. The van der Waals surface area contributed by atoms with Gasteiger partial charge in [-0.1, -0.05) is 25.5 Å². The van der Waals surface area contributed by atoms with Gasteiger partial charge in [0, 0.05) is 0 Å². The summed E-state index contributed by atoms with van der Waals surface area (Å²) in [5.41, 5.74) is 0.226. The largest absolute Gasteiger partial charge is 1.00 e. The minimum Gasteiger partial charge on any atom is -1.00 e. The molecule has 0 bridgehead atoms. The van der Waals surface area contributed by atoms with Crippen molar-refractivity contribution in [3.63, 3.8) is 0 Å². The summed E-state index contributed by atoms with van der Waals surface area (Å²) in [6.45, 7) is 2.43. The summed E-state index contributed by atoms with van der Waals surface area (Å²) in [7, 11) is 0. The molecule has 0 saturated heterocycles. The van der Waals surface area contributed by atoms with Gasteiger partial charge in [-0.25, -0.2) is 4.79 Å². The Morgan fingerprint density at radius 2 is 2.13 bits per heavy atom. The first-order valence-corrected chi connectivity index (χ1v) is 4.70. The van der Waals surface area contributed by atoms with Crippen molar-refractivity contribution in [1.29, 1.82) is 0 Å². The molecule has 0 aliphatic rings. The molecule has 0 amide bonds. The third-order valence-electron chi connectivity index (χ3n) is 1.86. The third-order valence-corrected chi connectivity index (χ3v) is 1.86. The Morgan fingerprint density at radius 3 is 2.73 bits per heavy atom. The molecule has 0 heterocycles. The molecule has 0 fully saturated rings. The fourth-order valence-corrected chi connectivity index (χ4v) is 1.03. The van der Waals surface area contributed by atoms with E-state index in [1.807, 2.05) is 6.92 Å². The number of hydrogen-bond donors (Lipinski definition) is 1. The predicted molar refractivity (Wildman–Crippen MR) is 54.4 cm³/mol. The molecular weight excluding hydrogens is 203 g/mol. The van der Waals surface area contributed by atoms with Crippen LogP contribution in [0, 0.1) is 0 Å². The molecule has 0 aromatic heterocycles. The number of aromatic hydroxyl groups is 1. The molecule has 15 heavy (non-hydrogen) atoms. The minimum atomic E-state index is -0.462. The van der Waals surface area contributed by atoms with Crippen LogP contribution >= 0.6 is 0 Å². The number of unbranched alkanes of at least 4 members (excludes halogenated alkanes) is 1. The fourth-order valence-electron chi connectivity index (χ4n) is 1.03. The predicted octanol–water partition coefficient (Wildman–Crippen LogP) is -0.534. The van der Waals surface area contributed by atoms with Crippen LogP contribution in [0.5, 0.6) is 5.75 Å². The normalized spacial score (nSPS) is 9.13. The van der Waals surface area contributed by atoms with E-state index in [4.69, 9.17) is 4.74 Å². The second-order valence-corrected chi connectivity index (χ2v) is 3.01. The Bertz CT molecular complexity index is 318. The summed E-state index contributed by atoms with van der Waals surface area (Å²) in [5, 5.41) is 9.34. The van der Waals surface area contributed by atoms with Gasteiger partial charge in [0.05, 0.1) is 6.61 Å². The van der Waals surface area contributed by atoms with Crippen LogP contribution in [-0.2, 0) is 4.74 Å². The standard InChI is InChI=1S/C11H14O3.Na.H/c1-2-3-8-14-11(13)9-6-4-5-7-10(9)12;;/h4-7,12H,2-3,8H2,1H3;;/q;+1;-1. The molecule has 0 aliphatic carbocycles. The monoisotopic (exact) mass is 218 g/mol. The molecule has 4 heteroatoms. The zero-order valence-corrected chi connectivity index (χ0v) is 11.2. The van der Waals surface area contributed by atoms with Gasteiger partial charge in [0.15, 0.2) is 0 Å². The van der Waals surface area contributed by atoms with Crippen LogP contribution in [0.1, 0.15) is 31.6 Å². The van der Waals surface area contributed by atoms with Crippen molar-refractivity contribution in [2.75, 3.05) is 6.61 Å². The molecule has 0 atom stereocenters. The van der Waals surface area contributed by atoms with E-state index < -0.39 is 5.97 Å². The smallest absolute Gasteiger partial charge is 1.00 e. The molecule has 0 radical (unpaired) electrons. The van der Waals surface area contributed by atoms with E-state index in [2.05, 4.69) is 0 Å². The van der Waals surface area contributed by atoms with Crippen molar-refractivity contribution in [2.24, 2.45) is 0 Å². The number of carbonyl (C=O) groups is 1. The number of phenols is 1. The first kappa shape index (κ1) is 14.5. The molecule has 0 aliphatic heterocycles. The van der Waals surface area contributed by atoms with Crippen molar-refractivity contribution in [3.8, 4) is 5.75 Å². The van der Waals surface area contributed by atoms with Gasteiger partial charge in [-0.2, -0.15) is 0 Å². The van der Waals surface area contributed by atoms with Crippen LogP contribution in [-0.4, -0.2) is 17.7 Å². The Hall–Kier alpha value is -0.510. The summed E-state index contributed by atoms with van der Waals surface area (Å²) in [6.07, 6.45) is 1.83. The van der Waals surface area contributed by atoms with Crippen LogP contribution in [0.15, 0.2) is 24.3 Å². The van der Waals surface area contributed by atoms with E-state index in [1.165, 1.54) is 6.07 Å². The van der Waals surface area contributed by atoms with Crippen molar-refractivity contribution in [3.05, 3.63) is 29.8 Å². The van der Waals surface area contributed by atoms with E-state index in [0.29, 0.717) is 6.61 Å². The second kappa shape index (κ2) is 7.74. The summed E-state index contributed by atoms with van der Waals surface area (Å²) in [6, 6.07) is 6.37. The van der Waals surface area contributed by atoms with Crippen LogP contribution in [0.25, 0.3) is 0 Å². The molecule has 1 aromatic rings. The molecule has 78 valence electrons. The van der Waals surface area contributed by atoms with E-state index in [0.717, 1.165) is 12.8 Å². The number of carbonyl (C=O) groups excluding carboxylic acids is 1. The van der Waals surface area contributed by atoms with Gasteiger partial charge >= 0.3 is 35.5 Å². The van der Waals surface area contributed by atoms with Crippen LogP contribution in [0.2, 0.25) is 0 Å². The van der Waals surface area contributed by atoms with Crippen molar-refractivity contribution in [2.45, 2.75) is 19.8 Å². The fraction of sp³-hybridized carbons (Fsp3) is 0.364. The Morgan fingerprint density at radius 1 is 1.47 bits per heavy atom. The molecule has 0 saturated carbocycles. The SMILES string of the molecule is CCCCOC(=O)c1ccccc1O.[H-].[Na+]. The molecule has 3 nitrogen and oxygen atoms in total. The molecule has 1 rings (SSSR count). The number of hydrogen-bond acceptors (Lipinski definition) is 3. The van der Waals surface area contributed by atoms with E-state index in [1.54, 1.807) is 18.2 Å². The maximum atomic E-state index is 11.4. The number of phenolic OH excluding ortho intramolecular Hbond substituents is 1. The summed E-state index contributed by atoms with van der Waals surface area (Å²) >= 11 is 0. The molecular formula is C11H15NaO3. The zero-order chi connectivity index (χ0) is 10.4. The maximum Gasteiger partial charge on any atom is 1.00 e. The first-order chi connectivity index (χ1) is 6.75. The minimum absolute atomic E-state index is 0. The van der Waals surface area contributed by atoms with Gasteiger partial charge < -0.3 is 11.3 Å². The third kappa shape index (κ3) is 4.69. The Kier molecular flexibility index (Phi) is 7.48. The number of benzene rings is 1. The topological polar surface area (TPSA) is 46.5 Å². The molecule has 0 unspecified atom stereocenters. The van der Waals surface area contributed by atoms with Crippen molar-refractivity contribution < 1.29 is 45.6 Å². The summed E-state index contributed by atoms with van der Waals surface area (Å²) < 4.78 is 4.95. The Labute approximate surface area is 113 Å². The number of ether oxygens (including phenoxy) is 1. The second-order valence-electron chi connectivity index (χ2n) is 3.01. The first-order valence-electron chi connectivity index (χ1n) is 4.70. The quantitative estimate of drug-likeness (QED) is 0.419. The van der Waals surface area contributed by atoms with Gasteiger partial charge in [-0.05, 0) is 18.6 Å². The molecule has 1 aromatic carbocycles. The van der Waals surface area contributed by atoms with Crippen molar-refractivity contribution >= 4 is 5.97 Å².